The van der Waals surface area contributed by atoms with Crippen LogP contribution in [0.2, 0.25) is 5.02 Å². The molecule has 1 aliphatic rings. The summed E-state index contributed by atoms with van der Waals surface area (Å²) in [5.41, 5.74) is 0.932. The van der Waals surface area contributed by atoms with Gasteiger partial charge in [-0.3, -0.25) is 9.69 Å². The van der Waals surface area contributed by atoms with Gasteiger partial charge in [0.1, 0.15) is 15.8 Å². The monoisotopic (exact) mass is 395 g/mol. The van der Waals surface area contributed by atoms with Gasteiger partial charge in [0.25, 0.3) is 5.91 Å². The SMILES string of the molecule is CC.CC.CN1C(=O)/C(=C\c2ccc(-c3ccc(Cl)cc3)o2)SC1=S. The summed E-state index contributed by atoms with van der Waals surface area (Å²) < 4.78 is 6.30. The number of benzene rings is 1. The van der Waals surface area contributed by atoms with Crippen molar-refractivity contribution in [2.24, 2.45) is 0 Å². The highest BCUT2D eigenvalue weighted by Crippen LogP contribution is 2.32. The van der Waals surface area contributed by atoms with Crippen LogP contribution in [0.4, 0.5) is 0 Å². The molecule has 1 amide bonds. The smallest absolute Gasteiger partial charge is 0.266 e. The van der Waals surface area contributed by atoms with Crippen molar-refractivity contribution in [2.45, 2.75) is 27.7 Å². The summed E-state index contributed by atoms with van der Waals surface area (Å²) in [6.45, 7) is 8.00. The maximum absolute atomic E-state index is 11.9. The number of carbonyl (C=O) groups excluding carboxylic acids is 1. The zero-order valence-electron chi connectivity index (χ0n) is 15.0. The van der Waals surface area contributed by atoms with Gasteiger partial charge in [-0.2, -0.15) is 0 Å². The zero-order chi connectivity index (χ0) is 19.0. The van der Waals surface area contributed by atoms with E-state index < -0.39 is 0 Å². The van der Waals surface area contributed by atoms with E-state index >= 15 is 0 Å². The Balaban J connectivity index is 0.000000730. The molecule has 1 saturated heterocycles. The summed E-state index contributed by atoms with van der Waals surface area (Å²) in [5.74, 6) is 1.24. The van der Waals surface area contributed by atoms with Crippen molar-refractivity contribution < 1.29 is 9.21 Å². The van der Waals surface area contributed by atoms with Crippen molar-refractivity contribution in [2.75, 3.05) is 7.05 Å². The molecule has 0 spiro atoms. The molecule has 1 aromatic heterocycles. The first-order chi connectivity index (χ1) is 12.0. The van der Waals surface area contributed by atoms with Gasteiger partial charge in [-0.25, -0.2) is 0 Å². The molecule has 0 atom stereocenters. The van der Waals surface area contributed by atoms with Crippen LogP contribution in [0.1, 0.15) is 33.5 Å². The largest absolute Gasteiger partial charge is 0.457 e. The Morgan fingerprint density at radius 3 is 2.20 bits per heavy atom. The van der Waals surface area contributed by atoms with Crippen molar-refractivity contribution >= 4 is 51.9 Å². The maximum Gasteiger partial charge on any atom is 0.266 e. The summed E-state index contributed by atoms with van der Waals surface area (Å²) in [7, 11) is 1.67. The molecule has 2 heterocycles. The van der Waals surface area contributed by atoms with Crippen LogP contribution in [0.15, 0.2) is 45.7 Å². The molecule has 25 heavy (non-hydrogen) atoms. The second-order valence-electron chi connectivity index (χ2n) is 4.45. The van der Waals surface area contributed by atoms with Crippen LogP contribution in [0.25, 0.3) is 17.4 Å². The van der Waals surface area contributed by atoms with Gasteiger partial charge in [0.05, 0.1) is 4.91 Å². The van der Waals surface area contributed by atoms with E-state index in [2.05, 4.69) is 0 Å². The lowest BCUT2D eigenvalue weighted by Crippen LogP contribution is -2.22. The molecular weight excluding hydrogens is 374 g/mol. The molecule has 0 N–H and O–H groups in total. The predicted molar refractivity (Wildman–Crippen MR) is 113 cm³/mol. The second kappa shape index (κ2) is 10.4. The molecule has 1 aromatic carbocycles. The Hall–Kier alpha value is -1.56. The molecule has 134 valence electrons. The molecule has 0 radical (unpaired) electrons. The number of hydrogen-bond donors (Lipinski definition) is 0. The minimum Gasteiger partial charge on any atom is -0.457 e. The number of thioether (sulfide) groups is 1. The van der Waals surface area contributed by atoms with Crippen LogP contribution < -0.4 is 0 Å². The molecule has 0 unspecified atom stereocenters. The van der Waals surface area contributed by atoms with Crippen molar-refractivity contribution in [1.82, 2.24) is 4.90 Å². The Morgan fingerprint density at radius 2 is 1.68 bits per heavy atom. The molecular formula is C19H22ClNO2S2. The highest BCUT2D eigenvalue weighted by Gasteiger charge is 2.28. The first-order valence-corrected chi connectivity index (χ1v) is 9.72. The Bertz CT molecular complexity index is 751. The van der Waals surface area contributed by atoms with Gasteiger partial charge in [-0.1, -0.05) is 63.3 Å². The van der Waals surface area contributed by atoms with Crippen molar-refractivity contribution in [1.29, 1.82) is 0 Å². The first kappa shape index (κ1) is 21.5. The van der Waals surface area contributed by atoms with E-state index in [4.69, 9.17) is 28.2 Å². The van der Waals surface area contributed by atoms with Crippen LogP contribution in [0, 0.1) is 0 Å². The lowest BCUT2D eigenvalue weighted by Gasteiger charge is -2.03. The molecule has 6 heteroatoms. The molecule has 0 bridgehead atoms. The van der Waals surface area contributed by atoms with E-state index in [1.54, 1.807) is 25.3 Å². The standard InChI is InChI=1S/C15H10ClNO2S2.2C2H6/c1-17-14(18)13(21-15(17)20)8-11-6-7-12(19-11)9-2-4-10(16)5-3-9;2*1-2/h2-8H,1H3;2*1-2H3/b13-8+;;. The Morgan fingerprint density at radius 1 is 1.08 bits per heavy atom. The van der Waals surface area contributed by atoms with E-state index in [1.807, 2.05) is 52.0 Å². The molecule has 1 fully saturated rings. The van der Waals surface area contributed by atoms with Gasteiger partial charge in [-0.05, 0) is 36.4 Å². The number of amides is 1. The third-order valence-corrected chi connectivity index (χ3v) is 4.75. The normalized spacial score (nSPS) is 14.8. The molecule has 0 saturated carbocycles. The summed E-state index contributed by atoms with van der Waals surface area (Å²) in [6, 6.07) is 11.1. The van der Waals surface area contributed by atoms with Gasteiger partial charge in [0.15, 0.2) is 0 Å². The van der Waals surface area contributed by atoms with E-state index in [0.29, 0.717) is 20.0 Å². The topological polar surface area (TPSA) is 33.5 Å². The molecule has 3 rings (SSSR count). The zero-order valence-corrected chi connectivity index (χ0v) is 17.4. The first-order valence-electron chi connectivity index (χ1n) is 8.12. The number of likely N-dealkylation sites (N-methyl/N-ethyl adjacent to an activating group) is 1. The van der Waals surface area contributed by atoms with Crippen LogP contribution >= 0.6 is 35.6 Å². The van der Waals surface area contributed by atoms with Crippen molar-refractivity contribution in [3.8, 4) is 11.3 Å². The van der Waals surface area contributed by atoms with Crippen LogP contribution in [0.5, 0.6) is 0 Å². The fraction of sp³-hybridized carbons (Fsp3) is 0.263. The maximum atomic E-state index is 11.9. The predicted octanol–water partition coefficient (Wildman–Crippen LogP) is 6.48. The van der Waals surface area contributed by atoms with Gasteiger partial charge >= 0.3 is 0 Å². The Kier molecular flexibility index (Phi) is 8.97. The quantitative estimate of drug-likeness (QED) is 0.430. The number of halogens is 1. The van der Waals surface area contributed by atoms with Crippen LogP contribution in [0.3, 0.4) is 0 Å². The average molecular weight is 396 g/mol. The highest BCUT2D eigenvalue weighted by molar-refractivity contribution is 8.26. The van der Waals surface area contributed by atoms with Crippen molar-refractivity contribution in [3.63, 3.8) is 0 Å². The molecule has 3 nitrogen and oxygen atoms in total. The lowest BCUT2D eigenvalue weighted by molar-refractivity contribution is -0.121. The lowest BCUT2D eigenvalue weighted by atomic mass is 10.2. The number of hydrogen-bond acceptors (Lipinski definition) is 4. The van der Waals surface area contributed by atoms with E-state index in [1.165, 1.54) is 16.7 Å². The summed E-state index contributed by atoms with van der Waals surface area (Å²) >= 11 is 12.2. The third kappa shape index (κ3) is 5.46. The summed E-state index contributed by atoms with van der Waals surface area (Å²) in [4.78, 5) is 13.9. The van der Waals surface area contributed by atoms with Gasteiger partial charge < -0.3 is 4.42 Å². The highest BCUT2D eigenvalue weighted by atomic mass is 35.5. The van der Waals surface area contributed by atoms with Crippen molar-refractivity contribution in [3.05, 3.63) is 52.1 Å². The number of thiocarbonyl (C=S) groups is 1. The van der Waals surface area contributed by atoms with E-state index in [9.17, 15) is 4.79 Å². The number of carbonyl (C=O) groups is 1. The number of nitrogens with zero attached hydrogens (tertiary/aromatic N) is 1. The van der Waals surface area contributed by atoms with Gasteiger partial charge in [0.2, 0.25) is 0 Å². The molecule has 2 aromatic rings. The number of furan rings is 1. The van der Waals surface area contributed by atoms with E-state index in [0.717, 1.165) is 11.3 Å². The average Bonchev–Trinajstić information content (AvgIpc) is 3.20. The fourth-order valence-corrected chi connectivity index (χ4v) is 3.16. The summed E-state index contributed by atoms with van der Waals surface area (Å²) in [6.07, 6.45) is 1.71. The minimum absolute atomic E-state index is 0.102. The van der Waals surface area contributed by atoms with E-state index in [-0.39, 0.29) is 5.91 Å². The molecule has 0 aliphatic carbocycles. The second-order valence-corrected chi connectivity index (χ2v) is 6.56. The van der Waals surface area contributed by atoms with Crippen LogP contribution in [-0.2, 0) is 4.79 Å². The Labute approximate surface area is 164 Å². The number of rotatable bonds is 2. The van der Waals surface area contributed by atoms with Crippen LogP contribution in [-0.4, -0.2) is 22.2 Å². The summed E-state index contributed by atoms with van der Waals surface area (Å²) in [5, 5.41) is 0.678. The fourth-order valence-electron chi connectivity index (χ4n) is 1.87. The minimum atomic E-state index is -0.102. The molecule has 1 aliphatic heterocycles. The van der Waals surface area contributed by atoms with Gasteiger partial charge in [0, 0.05) is 23.7 Å². The third-order valence-electron chi connectivity index (χ3n) is 3.02. The van der Waals surface area contributed by atoms with Gasteiger partial charge in [-0.15, -0.1) is 0 Å².